The Morgan fingerprint density at radius 3 is 2.36 bits per heavy atom. The fourth-order valence-corrected chi connectivity index (χ4v) is 10.6. The van der Waals surface area contributed by atoms with Crippen molar-refractivity contribution in [2.75, 3.05) is 6.16 Å². The van der Waals surface area contributed by atoms with Crippen LogP contribution < -0.4 is 0 Å². The lowest BCUT2D eigenvalue weighted by atomic mass is 9.61. The van der Waals surface area contributed by atoms with Crippen molar-refractivity contribution in [3.05, 3.63) is 23.3 Å². The Morgan fingerprint density at radius 1 is 1.10 bits per heavy atom. The highest BCUT2D eigenvalue weighted by Crippen LogP contribution is 2.59. The summed E-state index contributed by atoms with van der Waals surface area (Å²) in [5.74, 6) is 2.46. The topological polar surface area (TPSA) is 46.5 Å². The normalized spacial score (nSPS) is 34.1. The molecular weight excluding hydrogens is 532 g/mol. The van der Waals surface area contributed by atoms with E-state index < -0.39 is 16.6 Å². The molecule has 0 aliphatic heterocycles. The van der Waals surface area contributed by atoms with Gasteiger partial charge in [-0.3, -0.25) is 4.57 Å². The van der Waals surface area contributed by atoms with E-state index in [1.165, 1.54) is 32.1 Å². The summed E-state index contributed by atoms with van der Waals surface area (Å²) in [6.45, 7) is 25.5. The number of rotatable bonds is 9. The molecule has 1 N–H and O–H groups in total. The first-order chi connectivity index (χ1) is 17.8. The highest BCUT2D eigenvalue weighted by Gasteiger charge is 2.50. The molecule has 224 valence electrons. The lowest BCUT2D eigenvalue weighted by Gasteiger charge is -2.45. The summed E-state index contributed by atoms with van der Waals surface area (Å²) in [5, 5.41) is 0.198. The Morgan fingerprint density at radius 2 is 1.77 bits per heavy atom. The second-order valence-electron chi connectivity index (χ2n) is 16.6. The summed E-state index contributed by atoms with van der Waals surface area (Å²) in [7, 11) is -3.82. The fourth-order valence-electron chi connectivity index (χ4n) is 7.92. The van der Waals surface area contributed by atoms with Crippen LogP contribution >= 0.6 is 8.46 Å². The van der Waals surface area contributed by atoms with Crippen LogP contribution in [0.4, 0.5) is 0 Å². The van der Waals surface area contributed by atoms with E-state index in [1.54, 1.807) is 11.1 Å². The molecule has 0 bridgehead atoms. The molecule has 3 aliphatic carbocycles. The molecule has 6 heteroatoms. The van der Waals surface area contributed by atoms with Crippen molar-refractivity contribution < 1.29 is 13.8 Å². The van der Waals surface area contributed by atoms with Gasteiger partial charge in [0.25, 0.3) is 0 Å². The summed E-state index contributed by atoms with van der Waals surface area (Å²) < 4.78 is 18.4. The molecule has 3 fully saturated rings. The molecule has 3 rings (SSSR count). The minimum atomic E-state index is -2.26. The molecule has 0 aromatic rings. The highest BCUT2D eigenvalue weighted by molar-refractivity contribution is 7.23. The molecule has 0 radical (unpaired) electrons. The Bertz CT molecular complexity index is 888. The van der Waals surface area contributed by atoms with Crippen molar-refractivity contribution in [2.24, 2.45) is 29.1 Å². The van der Waals surface area contributed by atoms with Crippen LogP contribution in [-0.4, -0.2) is 33.7 Å². The summed E-state index contributed by atoms with van der Waals surface area (Å²) in [4.78, 5) is 11.1. The van der Waals surface area contributed by atoms with Gasteiger partial charge in [-0.25, -0.2) is 0 Å². The zero-order valence-electron chi connectivity index (χ0n) is 27.3. The van der Waals surface area contributed by atoms with E-state index in [1.807, 2.05) is 0 Å². The van der Waals surface area contributed by atoms with Crippen LogP contribution in [0.2, 0.25) is 36.3 Å². The second kappa shape index (κ2) is 12.3. The molecule has 0 aromatic heterocycles. The summed E-state index contributed by atoms with van der Waals surface area (Å²) in [6.07, 6.45) is 16.9. The Balaban J connectivity index is 1.86. The molecule has 0 heterocycles. The molecule has 3 saturated carbocycles. The van der Waals surface area contributed by atoms with Gasteiger partial charge >= 0.3 is 0 Å². The smallest absolute Gasteiger partial charge is 0.192 e. The first-order valence-electron chi connectivity index (χ1n) is 15.9. The quantitative estimate of drug-likeness (QED) is 0.214. The molecule has 6 atom stereocenters. The van der Waals surface area contributed by atoms with Gasteiger partial charge in [-0.1, -0.05) is 71.8 Å². The second-order valence-corrected chi connectivity index (χ2v) is 26.5. The summed E-state index contributed by atoms with van der Waals surface area (Å²) >= 11 is 0. The van der Waals surface area contributed by atoms with Gasteiger partial charge in [0.15, 0.2) is 25.1 Å². The van der Waals surface area contributed by atoms with Crippen LogP contribution in [0, 0.1) is 29.1 Å². The van der Waals surface area contributed by atoms with E-state index in [2.05, 4.69) is 86.8 Å². The zero-order valence-corrected chi connectivity index (χ0v) is 30.2. The van der Waals surface area contributed by atoms with Crippen LogP contribution in [0.25, 0.3) is 0 Å². The van der Waals surface area contributed by atoms with E-state index in [4.69, 9.17) is 4.43 Å². The first kappa shape index (κ1) is 33.4. The third kappa shape index (κ3) is 7.67. The van der Waals surface area contributed by atoms with Crippen molar-refractivity contribution in [1.82, 2.24) is 0 Å². The van der Waals surface area contributed by atoms with Crippen molar-refractivity contribution in [3.8, 4) is 0 Å². The molecule has 0 aromatic carbocycles. The number of allylic oxidation sites excluding steroid dienone is 3. The Kier molecular flexibility index (Phi) is 10.5. The summed E-state index contributed by atoms with van der Waals surface area (Å²) in [6, 6.07) is 0. The molecule has 39 heavy (non-hydrogen) atoms. The SMILES string of the molecule is C[C@H](CP=O)C1CCC2/C(=C/C=C3\C[C@@H](CC(C)(C)[Si](C)(C)O)C[C@H](O[Si](C)(C)C(C)(C)C)C3)CCC[C@@]21C. The summed E-state index contributed by atoms with van der Waals surface area (Å²) in [5.41, 5.74) is 3.58. The predicted octanol–water partition coefficient (Wildman–Crippen LogP) is 10.5. The van der Waals surface area contributed by atoms with Crippen LogP contribution in [-0.2, 0) is 8.99 Å². The van der Waals surface area contributed by atoms with Crippen molar-refractivity contribution in [3.63, 3.8) is 0 Å². The first-order valence-corrected chi connectivity index (χ1v) is 22.7. The molecule has 3 aliphatic rings. The number of fused-ring (bicyclic) bond motifs is 1. The average Bonchev–Trinajstić information content (AvgIpc) is 3.13. The Labute approximate surface area is 245 Å². The maximum absolute atomic E-state index is 11.4. The molecule has 0 amide bonds. The molecular formula is C33H61O3PSi2. The van der Waals surface area contributed by atoms with Gasteiger partial charge in [-0.15, -0.1) is 0 Å². The van der Waals surface area contributed by atoms with E-state index in [-0.39, 0.29) is 16.2 Å². The maximum atomic E-state index is 11.4. The standard InChI is InChI=1S/C33H61O3PSi2/c1-24(23-37-34)29-16-17-30-27(13-12-18-33(29,30)7)15-14-25-19-26(22-32(5,6)38(8,9)35)21-28(20-25)36-39(10,11)31(2,3)4/h14-15,24,26,28-30,35H,12-13,16-23H2,1-11H3/b25-14+,27-15+/t24-,26-,28-,29?,30?,33-/m1/s1. The van der Waals surface area contributed by atoms with Crippen LogP contribution in [0.1, 0.15) is 106 Å². The van der Waals surface area contributed by atoms with Gasteiger partial charge in [0, 0.05) is 12.3 Å². The molecule has 0 spiro atoms. The molecule has 3 nitrogen and oxygen atoms in total. The zero-order chi connectivity index (χ0) is 29.4. The van der Waals surface area contributed by atoms with Crippen molar-refractivity contribution >= 4 is 25.1 Å². The largest absolute Gasteiger partial charge is 0.432 e. The van der Waals surface area contributed by atoms with E-state index in [0.717, 1.165) is 31.8 Å². The lowest BCUT2D eigenvalue weighted by Crippen LogP contribution is -2.46. The Hall–Kier alpha value is -0.0662. The van der Waals surface area contributed by atoms with Crippen LogP contribution in [0.3, 0.4) is 0 Å². The van der Waals surface area contributed by atoms with E-state index in [9.17, 15) is 9.36 Å². The van der Waals surface area contributed by atoms with Crippen molar-refractivity contribution in [1.29, 1.82) is 0 Å². The lowest BCUT2D eigenvalue weighted by molar-refractivity contribution is 0.105. The van der Waals surface area contributed by atoms with Gasteiger partial charge in [-0.05, 0) is 123 Å². The average molecular weight is 593 g/mol. The van der Waals surface area contributed by atoms with Crippen molar-refractivity contribution in [2.45, 2.75) is 149 Å². The molecule has 0 saturated heterocycles. The third-order valence-electron chi connectivity index (χ3n) is 12.0. The number of hydrogen-bond acceptors (Lipinski definition) is 3. The van der Waals surface area contributed by atoms with Gasteiger partial charge in [0.05, 0.1) is 0 Å². The van der Waals surface area contributed by atoms with Gasteiger partial charge in [-0.2, -0.15) is 0 Å². The van der Waals surface area contributed by atoms with Gasteiger partial charge < -0.3 is 9.22 Å². The molecule has 2 unspecified atom stereocenters. The maximum Gasteiger partial charge on any atom is 0.192 e. The van der Waals surface area contributed by atoms with Gasteiger partial charge in [0.1, 0.15) is 0 Å². The minimum Gasteiger partial charge on any atom is -0.432 e. The third-order valence-corrected chi connectivity index (χ3v) is 20.8. The van der Waals surface area contributed by atoms with Crippen LogP contribution in [0.5, 0.6) is 0 Å². The van der Waals surface area contributed by atoms with E-state index in [0.29, 0.717) is 37.5 Å². The number of hydrogen-bond donors (Lipinski definition) is 1. The van der Waals surface area contributed by atoms with Crippen LogP contribution in [0.15, 0.2) is 23.3 Å². The van der Waals surface area contributed by atoms with Gasteiger partial charge in [0.2, 0.25) is 0 Å². The highest BCUT2D eigenvalue weighted by atomic mass is 31.1. The van der Waals surface area contributed by atoms with E-state index >= 15 is 0 Å². The minimum absolute atomic E-state index is 0.00956. The predicted molar refractivity (Wildman–Crippen MR) is 174 cm³/mol. The fraction of sp³-hybridized carbons (Fsp3) is 0.879. The monoisotopic (exact) mass is 592 g/mol.